The second-order valence-electron chi connectivity index (χ2n) is 2.21. The molecule has 0 spiro atoms. The number of hydrogen-bond acceptors (Lipinski definition) is 2. The van der Waals surface area contributed by atoms with Gasteiger partial charge in [-0.25, -0.2) is 0 Å². The van der Waals surface area contributed by atoms with Gasteiger partial charge in [0.25, 0.3) is 0 Å². The molecule has 4 heteroatoms. The molecule has 9 heavy (non-hydrogen) atoms. The zero-order chi connectivity index (χ0) is 7.28. The molecule has 0 aliphatic heterocycles. The molecule has 0 fully saturated rings. The topological polar surface area (TPSA) is 73.6 Å². The lowest BCUT2D eigenvalue weighted by Gasteiger charge is -2.00. The Morgan fingerprint density at radius 1 is 1.56 bits per heavy atom. The van der Waals surface area contributed by atoms with Gasteiger partial charge in [0.2, 0.25) is 5.96 Å². The van der Waals surface area contributed by atoms with Crippen LogP contribution in [-0.2, 0) is 4.84 Å². The lowest BCUT2D eigenvalue weighted by atomic mass is 10.2. The van der Waals surface area contributed by atoms with Crippen LogP contribution in [0.3, 0.4) is 0 Å². The second kappa shape index (κ2) is 4.00. The summed E-state index contributed by atoms with van der Waals surface area (Å²) in [5, 5.41) is 3.34. The fourth-order valence-corrected chi connectivity index (χ4v) is 0.261. The summed E-state index contributed by atoms with van der Waals surface area (Å²) in [7, 11) is 0. The van der Waals surface area contributed by atoms with Gasteiger partial charge in [-0.1, -0.05) is 13.8 Å². The van der Waals surface area contributed by atoms with E-state index in [2.05, 4.69) is 5.16 Å². The van der Waals surface area contributed by atoms with E-state index in [1.54, 1.807) is 0 Å². The third-order valence-corrected chi connectivity index (χ3v) is 0.578. The predicted octanol–water partition coefficient (Wildman–Crippen LogP) is -0.153. The van der Waals surface area contributed by atoms with E-state index in [1.165, 1.54) is 0 Å². The van der Waals surface area contributed by atoms with E-state index in [4.69, 9.17) is 16.3 Å². The predicted molar refractivity (Wildman–Crippen MR) is 36.6 cm³/mol. The number of hydrogen-bond donors (Lipinski definition) is 2. The van der Waals surface area contributed by atoms with E-state index >= 15 is 0 Å². The van der Waals surface area contributed by atoms with Crippen molar-refractivity contribution in [3.8, 4) is 0 Å². The standard InChI is InChI=1S/C5H13N3O/c1-4(2)3-9-8-5(6)7/h4H,3H2,1-2H3,(H4,6,7,8). The molecule has 0 aromatic heterocycles. The summed E-state index contributed by atoms with van der Waals surface area (Å²) in [6, 6.07) is 0. The van der Waals surface area contributed by atoms with Crippen LogP contribution in [0.4, 0.5) is 0 Å². The van der Waals surface area contributed by atoms with Crippen molar-refractivity contribution in [3.05, 3.63) is 0 Å². The van der Waals surface area contributed by atoms with Crippen molar-refractivity contribution in [2.24, 2.45) is 22.5 Å². The molecular weight excluding hydrogens is 118 g/mol. The van der Waals surface area contributed by atoms with E-state index < -0.39 is 0 Å². The van der Waals surface area contributed by atoms with Gasteiger partial charge >= 0.3 is 0 Å². The first-order valence-corrected chi connectivity index (χ1v) is 2.84. The van der Waals surface area contributed by atoms with Gasteiger partial charge < -0.3 is 16.3 Å². The van der Waals surface area contributed by atoms with E-state index in [1.807, 2.05) is 13.8 Å². The molecule has 0 atom stereocenters. The molecule has 0 rings (SSSR count). The van der Waals surface area contributed by atoms with Crippen molar-refractivity contribution in [3.63, 3.8) is 0 Å². The SMILES string of the molecule is CC(C)CON=C(N)N. The normalized spacial score (nSPS) is 9.22. The van der Waals surface area contributed by atoms with Crippen LogP contribution in [0.5, 0.6) is 0 Å². The third-order valence-electron chi connectivity index (χ3n) is 0.578. The van der Waals surface area contributed by atoms with Gasteiger partial charge in [0, 0.05) is 0 Å². The van der Waals surface area contributed by atoms with E-state index in [9.17, 15) is 0 Å². The van der Waals surface area contributed by atoms with Crippen LogP contribution in [0, 0.1) is 5.92 Å². The van der Waals surface area contributed by atoms with Crippen molar-refractivity contribution in [1.29, 1.82) is 0 Å². The molecule has 0 heterocycles. The molecule has 54 valence electrons. The molecule has 0 aliphatic rings. The minimum atomic E-state index is -0.0318. The average molecular weight is 131 g/mol. The molecule has 0 unspecified atom stereocenters. The van der Waals surface area contributed by atoms with Crippen molar-refractivity contribution in [1.82, 2.24) is 0 Å². The molecular formula is C5H13N3O. The molecule has 0 aliphatic carbocycles. The summed E-state index contributed by atoms with van der Waals surface area (Å²) in [4.78, 5) is 4.69. The van der Waals surface area contributed by atoms with Gasteiger partial charge in [-0.3, -0.25) is 0 Å². The summed E-state index contributed by atoms with van der Waals surface area (Å²) < 4.78 is 0. The highest BCUT2D eigenvalue weighted by Gasteiger charge is 1.90. The Morgan fingerprint density at radius 2 is 2.11 bits per heavy atom. The Bertz CT molecular complexity index is 96.4. The lowest BCUT2D eigenvalue weighted by Crippen LogP contribution is -2.23. The summed E-state index contributed by atoms with van der Waals surface area (Å²) >= 11 is 0. The van der Waals surface area contributed by atoms with E-state index in [0.717, 1.165) is 0 Å². The van der Waals surface area contributed by atoms with Crippen molar-refractivity contribution in [2.75, 3.05) is 6.61 Å². The summed E-state index contributed by atoms with van der Waals surface area (Å²) in [6.45, 7) is 4.59. The van der Waals surface area contributed by atoms with Gasteiger partial charge in [0.05, 0.1) is 0 Å². The van der Waals surface area contributed by atoms with Crippen molar-refractivity contribution < 1.29 is 4.84 Å². The molecule has 0 saturated carbocycles. The van der Waals surface area contributed by atoms with Crippen LogP contribution in [0.25, 0.3) is 0 Å². The number of oxime groups is 1. The Kier molecular flexibility index (Phi) is 3.59. The van der Waals surface area contributed by atoms with Gasteiger partial charge in [0.15, 0.2) is 0 Å². The maximum absolute atomic E-state index is 4.98. The van der Waals surface area contributed by atoms with Gasteiger partial charge in [-0.15, -0.1) is 0 Å². The second-order valence-corrected chi connectivity index (χ2v) is 2.21. The van der Waals surface area contributed by atoms with Crippen molar-refractivity contribution >= 4 is 5.96 Å². The van der Waals surface area contributed by atoms with Crippen LogP contribution in [0.15, 0.2) is 5.16 Å². The van der Waals surface area contributed by atoms with Crippen LogP contribution in [0.2, 0.25) is 0 Å². The largest absolute Gasteiger partial charge is 0.393 e. The molecule has 4 nitrogen and oxygen atoms in total. The summed E-state index contributed by atoms with van der Waals surface area (Å²) in [5.74, 6) is 0.420. The van der Waals surface area contributed by atoms with E-state index in [-0.39, 0.29) is 5.96 Å². The van der Waals surface area contributed by atoms with Crippen LogP contribution < -0.4 is 11.5 Å². The monoisotopic (exact) mass is 131 g/mol. The summed E-state index contributed by atoms with van der Waals surface area (Å²) in [6.07, 6.45) is 0. The summed E-state index contributed by atoms with van der Waals surface area (Å²) in [5.41, 5.74) is 9.96. The molecule has 0 aromatic carbocycles. The first-order chi connectivity index (χ1) is 4.13. The minimum absolute atomic E-state index is 0.0318. The Morgan fingerprint density at radius 3 is 2.44 bits per heavy atom. The van der Waals surface area contributed by atoms with Gasteiger partial charge in [-0.2, -0.15) is 0 Å². The highest BCUT2D eigenvalue weighted by molar-refractivity contribution is 5.74. The zero-order valence-corrected chi connectivity index (χ0v) is 5.79. The van der Waals surface area contributed by atoms with Gasteiger partial charge in [-0.05, 0) is 11.1 Å². The van der Waals surface area contributed by atoms with Gasteiger partial charge in [0.1, 0.15) is 6.61 Å². The molecule has 0 aromatic rings. The highest BCUT2D eigenvalue weighted by atomic mass is 16.6. The first kappa shape index (κ1) is 8.07. The smallest absolute Gasteiger partial charge is 0.228 e. The van der Waals surface area contributed by atoms with Crippen LogP contribution in [-0.4, -0.2) is 12.6 Å². The molecule has 0 radical (unpaired) electrons. The molecule has 0 amide bonds. The maximum atomic E-state index is 4.98. The fourth-order valence-electron chi connectivity index (χ4n) is 0.261. The number of guanidine groups is 1. The Hall–Kier alpha value is -0.930. The number of nitrogens with two attached hydrogens (primary N) is 2. The Balaban J connectivity index is 3.20. The number of rotatable bonds is 3. The third kappa shape index (κ3) is 7.07. The Labute approximate surface area is 54.8 Å². The molecule has 0 bridgehead atoms. The average Bonchev–Trinajstić information content (AvgIpc) is 1.63. The molecule has 0 saturated heterocycles. The van der Waals surface area contributed by atoms with Crippen molar-refractivity contribution in [2.45, 2.75) is 13.8 Å². The lowest BCUT2D eigenvalue weighted by molar-refractivity contribution is 0.118. The van der Waals surface area contributed by atoms with Crippen LogP contribution in [0.1, 0.15) is 13.8 Å². The van der Waals surface area contributed by atoms with Crippen LogP contribution >= 0.6 is 0 Å². The number of nitrogens with zero attached hydrogens (tertiary/aromatic N) is 1. The maximum Gasteiger partial charge on any atom is 0.228 e. The highest BCUT2D eigenvalue weighted by Crippen LogP contribution is 1.91. The quantitative estimate of drug-likeness (QED) is 0.318. The minimum Gasteiger partial charge on any atom is -0.393 e. The molecule has 4 N–H and O–H groups in total. The first-order valence-electron chi connectivity index (χ1n) is 2.84. The zero-order valence-electron chi connectivity index (χ0n) is 5.79. The fraction of sp³-hybridized carbons (Fsp3) is 0.800. The van der Waals surface area contributed by atoms with E-state index in [0.29, 0.717) is 12.5 Å².